The van der Waals surface area contributed by atoms with Crippen molar-refractivity contribution in [1.82, 2.24) is 4.90 Å². The van der Waals surface area contributed by atoms with Gasteiger partial charge in [0.25, 0.3) is 0 Å². The highest BCUT2D eigenvalue weighted by molar-refractivity contribution is 5.87. The molecule has 0 aromatic rings. The molecule has 0 aliphatic carbocycles. The number of hydrogen-bond donors (Lipinski definition) is 1. The van der Waals surface area contributed by atoms with Gasteiger partial charge in [0, 0.05) is 24.8 Å². The summed E-state index contributed by atoms with van der Waals surface area (Å²) in [5.41, 5.74) is 5.18. The molecule has 1 heterocycles. The van der Waals surface area contributed by atoms with Crippen LogP contribution in [0.4, 0.5) is 13.2 Å². The van der Waals surface area contributed by atoms with Crippen molar-refractivity contribution in [2.24, 2.45) is 11.7 Å². The highest BCUT2D eigenvalue weighted by Crippen LogP contribution is 2.21. The standard InChI is InChI=1S/C12H15F3N2O2/c1-2-9(11(16)19)17-7-8(3-4-10(17)18)5-6-12(13,14)15/h8-9H,2-4,7H2,1H3,(H2,16,19). The number of nitrogens with two attached hydrogens (primary N) is 1. The van der Waals surface area contributed by atoms with Crippen LogP contribution in [0, 0.1) is 17.8 Å². The zero-order valence-corrected chi connectivity index (χ0v) is 10.5. The van der Waals surface area contributed by atoms with Crippen molar-refractivity contribution in [3.05, 3.63) is 0 Å². The third kappa shape index (κ3) is 4.47. The molecule has 2 amide bonds. The molecule has 1 aliphatic heterocycles. The Kier molecular flexibility index (Phi) is 4.81. The number of alkyl halides is 3. The first-order valence-corrected chi connectivity index (χ1v) is 5.92. The van der Waals surface area contributed by atoms with Crippen LogP contribution in [0.2, 0.25) is 0 Å². The molecule has 1 rings (SSSR count). The highest BCUT2D eigenvalue weighted by atomic mass is 19.4. The van der Waals surface area contributed by atoms with Gasteiger partial charge in [0.2, 0.25) is 11.8 Å². The van der Waals surface area contributed by atoms with E-state index in [1.54, 1.807) is 6.92 Å². The second-order valence-electron chi connectivity index (χ2n) is 4.38. The van der Waals surface area contributed by atoms with Gasteiger partial charge in [-0.1, -0.05) is 12.8 Å². The maximum Gasteiger partial charge on any atom is 0.457 e. The molecule has 106 valence electrons. The Hall–Kier alpha value is -1.71. The van der Waals surface area contributed by atoms with Crippen molar-refractivity contribution < 1.29 is 22.8 Å². The van der Waals surface area contributed by atoms with Crippen LogP contribution in [0.15, 0.2) is 0 Å². The monoisotopic (exact) mass is 276 g/mol. The van der Waals surface area contributed by atoms with E-state index in [0.717, 1.165) is 0 Å². The Morgan fingerprint density at radius 1 is 1.58 bits per heavy atom. The van der Waals surface area contributed by atoms with Crippen LogP contribution in [0.25, 0.3) is 0 Å². The Balaban J connectivity index is 2.80. The van der Waals surface area contributed by atoms with E-state index in [1.165, 1.54) is 10.8 Å². The number of piperidine rings is 1. The number of rotatable bonds is 3. The van der Waals surface area contributed by atoms with Gasteiger partial charge >= 0.3 is 6.18 Å². The normalized spacial score (nSPS) is 21.6. The van der Waals surface area contributed by atoms with Gasteiger partial charge in [-0.15, -0.1) is 0 Å². The van der Waals surface area contributed by atoms with Crippen LogP contribution in [-0.4, -0.2) is 35.5 Å². The molecule has 1 saturated heterocycles. The van der Waals surface area contributed by atoms with Gasteiger partial charge in [0.05, 0.1) is 0 Å². The summed E-state index contributed by atoms with van der Waals surface area (Å²) >= 11 is 0. The molecule has 0 saturated carbocycles. The predicted octanol–water partition coefficient (Wildman–Crippen LogP) is 1.05. The molecule has 7 heteroatoms. The van der Waals surface area contributed by atoms with Crippen LogP contribution < -0.4 is 5.73 Å². The summed E-state index contributed by atoms with van der Waals surface area (Å²) in [6.07, 6.45) is -3.85. The van der Waals surface area contributed by atoms with E-state index >= 15 is 0 Å². The van der Waals surface area contributed by atoms with Crippen molar-refractivity contribution in [1.29, 1.82) is 0 Å². The van der Waals surface area contributed by atoms with Crippen LogP contribution in [0.1, 0.15) is 26.2 Å². The molecule has 2 atom stereocenters. The molecule has 0 aromatic carbocycles. The van der Waals surface area contributed by atoms with Gasteiger partial charge in [-0.25, -0.2) is 0 Å². The lowest BCUT2D eigenvalue weighted by molar-refractivity contribution is -0.142. The van der Waals surface area contributed by atoms with Crippen LogP contribution >= 0.6 is 0 Å². The summed E-state index contributed by atoms with van der Waals surface area (Å²) in [5.74, 6) is 1.82. The topological polar surface area (TPSA) is 63.4 Å². The van der Waals surface area contributed by atoms with E-state index in [0.29, 0.717) is 6.42 Å². The average molecular weight is 276 g/mol. The lowest BCUT2D eigenvalue weighted by Gasteiger charge is -2.34. The van der Waals surface area contributed by atoms with E-state index in [-0.39, 0.29) is 25.3 Å². The van der Waals surface area contributed by atoms with E-state index < -0.39 is 24.0 Å². The van der Waals surface area contributed by atoms with Crippen LogP contribution in [0.5, 0.6) is 0 Å². The van der Waals surface area contributed by atoms with Crippen LogP contribution in [0.3, 0.4) is 0 Å². The van der Waals surface area contributed by atoms with Crippen molar-refractivity contribution >= 4 is 11.8 Å². The smallest absolute Gasteiger partial charge is 0.368 e. The molecule has 0 aromatic heterocycles. The summed E-state index contributed by atoms with van der Waals surface area (Å²) in [6, 6.07) is -0.775. The number of carbonyl (C=O) groups is 2. The number of amides is 2. The first-order chi connectivity index (χ1) is 8.74. The summed E-state index contributed by atoms with van der Waals surface area (Å²) in [4.78, 5) is 24.1. The van der Waals surface area contributed by atoms with Gasteiger partial charge in [0.1, 0.15) is 6.04 Å². The fourth-order valence-corrected chi connectivity index (χ4v) is 2.05. The summed E-state index contributed by atoms with van der Waals surface area (Å²) in [5, 5.41) is 0. The second kappa shape index (κ2) is 5.95. The number of carbonyl (C=O) groups excluding carboxylic acids is 2. The van der Waals surface area contributed by atoms with Gasteiger partial charge in [0.15, 0.2) is 0 Å². The quantitative estimate of drug-likeness (QED) is 0.783. The van der Waals surface area contributed by atoms with Gasteiger partial charge in [-0.3, -0.25) is 9.59 Å². The number of nitrogens with zero attached hydrogens (tertiary/aromatic N) is 1. The minimum Gasteiger partial charge on any atom is -0.368 e. The zero-order chi connectivity index (χ0) is 14.6. The lowest BCUT2D eigenvalue weighted by atomic mass is 9.96. The van der Waals surface area contributed by atoms with Crippen LogP contribution in [-0.2, 0) is 9.59 Å². The lowest BCUT2D eigenvalue weighted by Crippen LogP contribution is -2.51. The fraction of sp³-hybridized carbons (Fsp3) is 0.667. The third-order valence-electron chi connectivity index (χ3n) is 2.95. The summed E-state index contributed by atoms with van der Waals surface area (Å²) < 4.78 is 36.0. The molecule has 0 radical (unpaired) electrons. The molecule has 1 aliphatic rings. The number of likely N-dealkylation sites (tertiary alicyclic amines) is 1. The van der Waals surface area contributed by atoms with Crippen molar-refractivity contribution in [2.45, 2.75) is 38.4 Å². The van der Waals surface area contributed by atoms with Crippen molar-refractivity contribution in [2.75, 3.05) is 6.54 Å². The molecule has 2 unspecified atom stereocenters. The Morgan fingerprint density at radius 3 is 2.68 bits per heavy atom. The summed E-state index contributed by atoms with van der Waals surface area (Å²) in [7, 11) is 0. The molecule has 0 spiro atoms. The zero-order valence-electron chi connectivity index (χ0n) is 10.5. The molecular formula is C12H15F3N2O2. The molecule has 2 N–H and O–H groups in total. The predicted molar refractivity (Wildman–Crippen MR) is 61.5 cm³/mol. The molecule has 19 heavy (non-hydrogen) atoms. The van der Waals surface area contributed by atoms with E-state index in [1.807, 2.05) is 0 Å². The number of primary amides is 1. The molecule has 4 nitrogen and oxygen atoms in total. The van der Waals surface area contributed by atoms with Gasteiger partial charge < -0.3 is 10.6 Å². The number of hydrogen-bond acceptors (Lipinski definition) is 2. The fourth-order valence-electron chi connectivity index (χ4n) is 2.05. The van der Waals surface area contributed by atoms with Crippen molar-refractivity contribution in [3.8, 4) is 11.8 Å². The van der Waals surface area contributed by atoms with Crippen molar-refractivity contribution in [3.63, 3.8) is 0 Å². The Labute approximate surface area is 109 Å². The maximum absolute atomic E-state index is 12.0. The first-order valence-electron chi connectivity index (χ1n) is 5.92. The SMILES string of the molecule is CCC(C(N)=O)N1CC(C#CC(F)(F)F)CCC1=O. The minimum atomic E-state index is -4.54. The highest BCUT2D eigenvalue weighted by Gasteiger charge is 2.32. The third-order valence-corrected chi connectivity index (χ3v) is 2.95. The maximum atomic E-state index is 12.0. The van der Waals surface area contributed by atoms with Gasteiger partial charge in [-0.05, 0) is 12.8 Å². The Morgan fingerprint density at radius 2 is 2.21 bits per heavy atom. The van der Waals surface area contributed by atoms with E-state index in [2.05, 4.69) is 5.92 Å². The molecule has 1 fully saturated rings. The van der Waals surface area contributed by atoms with E-state index in [9.17, 15) is 22.8 Å². The van der Waals surface area contributed by atoms with E-state index in [4.69, 9.17) is 5.73 Å². The average Bonchev–Trinajstić information content (AvgIpc) is 2.29. The Bertz CT molecular complexity index is 423. The second-order valence-corrected chi connectivity index (χ2v) is 4.38. The first kappa shape index (κ1) is 15.3. The molecular weight excluding hydrogens is 261 g/mol. The van der Waals surface area contributed by atoms with Gasteiger partial charge in [-0.2, -0.15) is 13.2 Å². The largest absolute Gasteiger partial charge is 0.457 e. The minimum absolute atomic E-state index is 0.0172. The number of halogens is 3. The summed E-state index contributed by atoms with van der Waals surface area (Å²) in [6.45, 7) is 1.71. The molecule has 0 bridgehead atoms.